The summed E-state index contributed by atoms with van der Waals surface area (Å²) in [6, 6.07) is 5.85. The van der Waals surface area contributed by atoms with Gasteiger partial charge in [-0.1, -0.05) is 13.0 Å². The van der Waals surface area contributed by atoms with E-state index in [1.54, 1.807) is 11.4 Å². The minimum absolute atomic E-state index is 0.0694. The van der Waals surface area contributed by atoms with Crippen molar-refractivity contribution in [2.24, 2.45) is 0 Å². The summed E-state index contributed by atoms with van der Waals surface area (Å²) in [5.74, 6) is 0.919. The molecule has 0 saturated carbocycles. The molecule has 0 aromatic carbocycles. The molecule has 2 heterocycles. The number of anilines is 1. The molecule has 0 amide bonds. The van der Waals surface area contributed by atoms with E-state index in [-0.39, 0.29) is 6.04 Å². The standard InChI is InChI=1S/C14H24N4O2S/c1-5-16(4)21(19,20)18-10-9-17(11-13(18)3)14-8-6-7-12(2)15-14/h6-8,13H,5,9-11H2,1-4H3. The van der Waals surface area contributed by atoms with Gasteiger partial charge in [-0.3, -0.25) is 0 Å². The minimum Gasteiger partial charge on any atom is -0.354 e. The summed E-state index contributed by atoms with van der Waals surface area (Å²) in [6.07, 6.45) is 0. The van der Waals surface area contributed by atoms with Crippen LogP contribution in [0, 0.1) is 6.92 Å². The first kappa shape index (κ1) is 16.2. The second kappa shape index (κ2) is 6.29. The minimum atomic E-state index is -3.36. The highest BCUT2D eigenvalue weighted by molar-refractivity contribution is 7.86. The molecule has 1 saturated heterocycles. The van der Waals surface area contributed by atoms with Gasteiger partial charge in [0.25, 0.3) is 10.2 Å². The molecule has 1 aromatic rings. The van der Waals surface area contributed by atoms with E-state index in [1.165, 1.54) is 4.31 Å². The predicted molar refractivity (Wildman–Crippen MR) is 84.6 cm³/mol. The van der Waals surface area contributed by atoms with Gasteiger partial charge in [-0.15, -0.1) is 0 Å². The summed E-state index contributed by atoms with van der Waals surface area (Å²) in [5, 5.41) is 0. The maximum atomic E-state index is 12.4. The molecule has 1 aromatic heterocycles. The first-order chi connectivity index (χ1) is 9.86. The molecule has 0 aliphatic carbocycles. The van der Waals surface area contributed by atoms with Gasteiger partial charge in [-0.2, -0.15) is 17.0 Å². The highest BCUT2D eigenvalue weighted by atomic mass is 32.2. The van der Waals surface area contributed by atoms with E-state index in [0.717, 1.165) is 11.5 Å². The van der Waals surface area contributed by atoms with Crippen LogP contribution in [0.2, 0.25) is 0 Å². The first-order valence-corrected chi connectivity index (χ1v) is 8.67. The van der Waals surface area contributed by atoms with Crippen LogP contribution in [0.25, 0.3) is 0 Å². The summed E-state index contributed by atoms with van der Waals surface area (Å²) < 4.78 is 27.9. The average Bonchev–Trinajstić information content (AvgIpc) is 2.45. The highest BCUT2D eigenvalue weighted by Crippen LogP contribution is 2.20. The summed E-state index contributed by atoms with van der Waals surface area (Å²) in [4.78, 5) is 6.67. The summed E-state index contributed by atoms with van der Waals surface area (Å²) in [7, 11) is -1.73. The molecule has 0 bridgehead atoms. The molecule has 2 rings (SSSR count). The lowest BCUT2D eigenvalue weighted by Crippen LogP contribution is -2.57. The Morgan fingerprint density at radius 3 is 2.67 bits per heavy atom. The van der Waals surface area contributed by atoms with E-state index in [4.69, 9.17) is 0 Å². The maximum absolute atomic E-state index is 12.4. The molecular weight excluding hydrogens is 288 g/mol. The third kappa shape index (κ3) is 3.36. The van der Waals surface area contributed by atoms with Crippen molar-refractivity contribution in [2.45, 2.75) is 26.8 Å². The van der Waals surface area contributed by atoms with Gasteiger partial charge in [-0.25, -0.2) is 4.98 Å². The molecule has 0 spiro atoms. The van der Waals surface area contributed by atoms with Crippen LogP contribution in [0.3, 0.4) is 0 Å². The van der Waals surface area contributed by atoms with Crippen molar-refractivity contribution in [3.8, 4) is 0 Å². The largest absolute Gasteiger partial charge is 0.354 e. The highest BCUT2D eigenvalue weighted by Gasteiger charge is 2.34. The maximum Gasteiger partial charge on any atom is 0.282 e. The fourth-order valence-corrected chi connectivity index (χ4v) is 4.06. The van der Waals surface area contributed by atoms with Crippen LogP contribution >= 0.6 is 0 Å². The van der Waals surface area contributed by atoms with Crippen molar-refractivity contribution in [3.63, 3.8) is 0 Å². The number of hydrogen-bond donors (Lipinski definition) is 0. The van der Waals surface area contributed by atoms with E-state index in [2.05, 4.69) is 9.88 Å². The normalized spacial score (nSPS) is 21.0. The Bertz CT molecular complexity index is 590. The molecule has 0 radical (unpaired) electrons. The number of piperazine rings is 1. The SMILES string of the molecule is CCN(C)S(=O)(=O)N1CCN(c2cccc(C)n2)CC1C. The van der Waals surface area contributed by atoms with Crippen molar-refractivity contribution in [3.05, 3.63) is 23.9 Å². The molecule has 1 aliphatic rings. The molecule has 1 aliphatic heterocycles. The van der Waals surface area contributed by atoms with E-state index in [9.17, 15) is 8.42 Å². The second-order valence-corrected chi connectivity index (χ2v) is 7.45. The number of aromatic nitrogens is 1. The van der Waals surface area contributed by atoms with Gasteiger partial charge in [0.15, 0.2) is 0 Å². The zero-order valence-corrected chi connectivity index (χ0v) is 14.0. The molecular formula is C14H24N4O2S. The number of aryl methyl sites for hydroxylation is 1. The molecule has 1 fully saturated rings. The molecule has 0 N–H and O–H groups in total. The lowest BCUT2D eigenvalue weighted by molar-refractivity contribution is 0.283. The monoisotopic (exact) mass is 312 g/mol. The second-order valence-electron chi connectivity index (χ2n) is 5.46. The lowest BCUT2D eigenvalue weighted by atomic mass is 10.2. The van der Waals surface area contributed by atoms with Crippen LogP contribution in [0.5, 0.6) is 0 Å². The smallest absolute Gasteiger partial charge is 0.282 e. The van der Waals surface area contributed by atoms with Gasteiger partial charge in [0.05, 0.1) is 0 Å². The number of hydrogen-bond acceptors (Lipinski definition) is 4. The molecule has 6 nitrogen and oxygen atoms in total. The first-order valence-electron chi connectivity index (χ1n) is 7.28. The zero-order valence-electron chi connectivity index (χ0n) is 13.2. The molecule has 1 atom stereocenters. The Hall–Kier alpha value is -1.18. The van der Waals surface area contributed by atoms with Crippen LogP contribution < -0.4 is 4.90 Å². The quantitative estimate of drug-likeness (QED) is 0.835. The van der Waals surface area contributed by atoms with Crippen LogP contribution in [0.1, 0.15) is 19.5 Å². The number of pyridine rings is 1. The fraction of sp³-hybridized carbons (Fsp3) is 0.643. The number of rotatable bonds is 4. The summed E-state index contributed by atoms with van der Waals surface area (Å²) >= 11 is 0. The summed E-state index contributed by atoms with van der Waals surface area (Å²) in [5.41, 5.74) is 0.973. The van der Waals surface area contributed by atoms with Crippen molar-refractivity contribution in [2.75, 3.05) is 38.1 Å². The molecule has 7 heteroatoms. The third-order valence-corrected chi connectivity index (χ3v) is 6.08. The van der Waals surface area contributed by atoms with Gasteiger partial charge >= 0.3 is 0 Å². The van der Waals surface area contributed by atoms with E-state index in [1.807, 2.05) is 39.0 Å². The van der Waals surface area contributed by atoms with Gasteiger partial charge in [0, 0.05) is 45.0 Å². The van der Waals surface area contributed by atoms with Crippen LogP contribution in [0.15, 0.2) is 18.2 Å². The van der Waals surface area contributed by atoms with Gasteiger partial charge in [0.2, 0.25) is 0 Å². The third-order valence-electron chi connectivity index (χ3n) is 3.90. The Kier molecular flexibility index (Phi) is 4.85. The van der Waals surface area contributed by atoms with E-state index >= 15 is 0 Å². The van der Waals surface area contributed by atoms with Crippen LogP contribution in [-0.2, 0) is 10.2 Å². The Labute approximate surface area is 127 Å². The lowest BCUT2D eigenvalue weighted by Gasteiger charge is -2.40. The van der Waals surface area contributed by atoms with Crippen molar-refractivity contribution in [1.29, 1.82) is 0 Å². The van der Waals surface area contributed by atoms with Crippen LogP contribution in [0.4, 0.5) is 5.82 Å². The van der Waals surface area contributed by atoms with E-state index < -0.39 is 10.2 Å². The Balaban J connectivity index is 2.13. The molecule has 21 heavy (non-hydrogen) atoms. The summed E-state index contributed by atoms with van der Waals surface area (Å²) in [6.45, 7) is 8.05. The van der Waals surface area contributed by atoms with Gasteiger partial charge in [-0.05, 0) is 26.0 Å². The van der Waals surface area contributed by atoms with Gasteiger partial charge in [0.1, 0.15) is 5.82 Å². The van der Waals surface area contributed by atoms with Gasteiger partial charge < -0.3 is 4.90 Å². The Morgan fingerprint density at radius 1 is 1.38 bits per heavy atom. The van der Waals surface area contributed by atoms with Crippen molar-refractivity contribution >= 4 is 16.0 Å². The molecule has 1 unspecified atom stereocenters. The topological polar surface area (TPSA) is 56.8 Å². The Morgan fingerprint density at radius 2 is 2.10 bits per heavy atom. The van der Waals surface area contributed by atoms with Crippen LogP contribution in [-0.4, -0.2) is 61.3 Å². The zero-order chi connectivity index (χ0) is 15.6. The number of nitrogens with zero attached hydrogens (tertiary/aromatic N) is 4. The predicted octanol–water partition coefficient (Wildman–Crippen LogP) is 1.10. The fourth-order valence-electron chi connectivity index (χ4n) is 2.54. The van der Waals surface area contributed by atoms with Crippen molar-refractivity contribution in [1.82, 2.24) is 13.6 Å². The molecule has 118 valence electrons. The van der Waals surface area contributed by atoms with E-state index in [0.29, 0.717) is 26.2 Å². The van der Waals surface area contributed by atoms with Crippen molar-refractivity contribution < 1.29 is 8.42 Å². The average molecular weight is 312 g/mol.